The van der Waals surface area contributed by atoms with Crippen LogP contribution in [0.3, 0.4) is 0 Å². The van der Waals surface area contributed by atoms with E-state index in [1.807, 2.05) is 13.8 Å². The highest BCUT2D eigenvalue weighted by Gasteiger charge is 2.20. The molecule has 68 valence electrons. The molecule has 0 fully saturated rings. The summed E-state index contributed by atoms with van der Waals surface area (Å²) in [6.07, 6.45) is 0.834. The fourth-order valence-electron chi connectivity index (χ4n) is 0.527. The van der Waals surface area contributed by atoms with Crippen molar-refractivity contribution in [2.75, 3.05) is 13.2 Å². The SMILES string of the molecule is CC(C)CCOCC(F)(F)P. The molecule has 1 atom stereocenters. The van der Waals surface area contributed by atoms with Gasteiger partial charge in [0.25, 0.3) is 5.66 Å². The second-order valence-corrected chi connectivity index (χ2v) is 3.84. The average molecular weight is 184 g/mol. The molecular formula is C7H15F2OP. The van der Waals surface area contributed by atoms with Gasteiger partial charge in [0.2, 0.25) is 0 Å². The molecule has 0 aliphatic heterocycles. The summed E-state index contributed by atoms with van der Waals surface area (Å²) in [4.78, 5) is 0. The summed E-state index contributed by atoms with van der Waals surface area (Å²) in [5.41, 5.74) is -2.77. The maximum Gasteiger partial charge on any atom is 0.281 e. The molecule has 0 spiro atoms. The first-order chi connectivity index (χ1) is 4.92. The molecule has 0 aliphatic rings. The predicted molar refractivity (Wildman–Crippen MR) is 44.9 cm³/mol. The molecule has 0 saturated heterocycles. The van der Waals surface area contributed by atoms with Crippen molar-refractivity contribution in [2.24, 2.45) is 5.92 Å². The van der Waals surface area contributed by atoms with Crippen molar-refractivity contribution in [1.82, 2.24) is 0 Å². The van der Waals surface area contributed by atoms with Crippen LogP contribution in [0.25, 0.3) is 0 Å². The van der Waals surface area contributed by atoms with Crippen molar-refractivity contribution in [3.8, 4) is 0 Å². The zero-order valence-electron chi connectivity index (χ0n) is 6.94. The summed E-state index contributed by atoms with van der Waals surface area (Å²) >= 11 is 0. The molecule has 0 rings (SSSR count). The summed E-state index contributed by atoms with van der Waals surface area (Å²) in [5, 5.41) is 0. The molecule has 0 amide bonds. The van der Waals surface area contributed by atoms with Crippen LogP contribution in [0.4, 0.5) is 8.78 Å². The summed E-state index contributed by atoms with van der Waals surface area (Å²) in [6, 6.07) is 0. The van der Waals surface area contributed by atoms with Crippen molar-refractivity contribution in [1.29, 1.82) is 0 Å². The highest BCUT2D eigenvalue weighted by Crippen LogP contribution is 2.21. The summed E-state index contributed by atoms with van der Waals surface area (Å²) < 4.78 is 28.9. The topological polar surface area (TPSA) is 9.23 Å². The minimum absolute atomic E-state index is 0.418. The van der Waals surface area contributed by atoms with E-state index in [1.54, 1.807) is 0 Å². The van der Waals surface area contributed by atoms with Gasteiger partial charge in [-0.15, -0.1) is 0 Å². The van der Waals surface area contributed by atoms with Crippen molar-refractivity contribution < 1.29 is 13.5 Å². The fourth-order valence-corrected chi connectivity index (χ4v) is 0.645. The van der Waals surface area contributed by atoms with Gasteiger partial charge in [-0.1, -0.05) is 23.1 Å². The Morgan fingerprint density at radius 3 is 2.36 bits per heavy atom. The molecule has 1 nitrogen and oxygen atoms in total. The summed E-state index contributed by atoms with van der Waals surface area (Å²) in [7, 11) is 1.45. The Morgan fingerprint density at radius 1 is 1.45 bits per heavy atom. The minimum Gasteiger partial charge on any atom is -0.375 e. The van der Waals surface area contributed by atoms with E-state index in [1.165, 1.54) is 9.24 Å². The summed E-state index contributed by atoms with van der Waals surface area (Å²) in [5.74, 6) is 0.508. The van der Waals surface area contributed by atoms with Gasteiger partial charge in [-0.3, -0.25) is 0 Å². The molecule has 0 bridgehead atoms. The second kappa shape index (κ2) is 5.00. The zero-order chi connectivity index (χ0) is 8.91. The monoisotopic (exact) mass is 184 g/mol. The van der Waals surface area contributed by atoms with Crippen molar-refractivity contribution in [3.05, 3.63) is 0 Å². The highest BCUT2D eigenvalue weighted by atomic mass is 31.0. The number of ether oxygens (including phenoxy) is 1. The Hall–Kier alpha value is 0.250. The lowest BCUT2D eigenvalue weighted by atomic mass is 10.1. The predicted octanol–water partition coefficient (Wildman–Crippen LogP) is 2.52. The molecule has 4 heteroatoms. The second-order valence-electron chi connectivity index (χ2n) is 3.00. The maximum absolute atomic E-state index is 12.1. The highest BCUT2D eigenvalue weighted by molar-refractivity contribution is 7.18. The Balaban J connectivity index is 3.15. The molecule has 11 heavy (non-hydrogen) atoms. The van der Waals surface area contributed by atoms with Crippen LogP contribution < -0.4 is 0 Å². The van der Waals surface area contributed by atoms with Gasteiger partial charge in [0, 0.05) is 6.61 Å². The third kappa shape index (κ3) is 10.2. The Labute approximate surface area is 68.7 Å². The van der Waals surface area contributed by atoms with Crippen LogP contribution in [0, 0.1) is 5.92 Å². The molecule has 0 aliphatic carbocycles. The third-order valence-corrected chi connectivity index (χ3v) is 1.30. The van der Waals surface area contributed by atoms with E-state index in [2.05, 4.69) is 0 Å². The number of alkyl halides is 2. The van der Waals surface area contributed by atoms with Crippen molar-refractivity contribution in [2.45, 2.75) is 25.9 Å². The summed E-state index contributed by atoms with van der Waals surface area (Å²) in [6.45, 7) is 3.98. The van der Waals surface area contributed by atoms with Crippen LogP contribution >= 0.6 is 9.24 Å². The van der Waals surface area contributed by atoms with E-state index in [0.717, 1.165) is 6.42 Å². The van der Waals surface area contributed by atoms with E-state index in [-0.39, 0.29) is 0 Å². The van der Waals surface area contributed by atoms with Gasteiger partial charge in [0.05, 0.1) is 0 Å². The van der Waals surface area contributed by atoms with E-state index in [9.17, 15) is 8.78 Å². The molecule has 0 saturated carbocycles. The molecule has 0 aromatic carbocycles. The lowest BCUT2D eigenvalue weighted by Gasteiger charge is -2.11. The van der Waals surface area contributed by atoms with Crippen LogP contribution in [0.15, 0.2) is 0 Å². The first-order valence-corrected chi connectivity index (χ1v) is 4.24. The van der Waals surface area contributed by atoms with Crippen molar-refractivity contribution >= 4 is 9.24 Å². The molecule has 0 heterocycles. The van der Waals surface area contributed by atoms with Gasteiger partial charge in [-0.2, -0.15) is 8.78 Å². The lowest BCUT2D eigenvalue weighted by Crippen LogP contribution is -2.15. The minimum atomic E-state index is -2.77. The number of hydrogen-bond acceptors (Lipinski definition) is 1. The molecule has 0 aromatic rings. The number of halogens is 2. The van der Waals surface area contributed by atoms with Gasteiger partial charge in [0.1, 0.15) is 6.61 Å². The first-order valence-electron chi connectivity index (χ1n) is 3.66. The van der Waals surface area contributed by atoms with Crippen LogP contribution in [-0.4, -0.2) is 18.9 Å². The maximum atomic E-state index is 12.1. The van der Waals surface area contributed by atoms with Gasteiger partial charge in [0.15, 0.2) is 0 Å². The van der Waals surface area contributed by atoms with Crippen LogP contribution in [0.5, 0.6) is 0 Å². The molecule has 1 unspecified atom stereocenters. The zero-order valence-corrected chi connectivity index (χ0v) is 8.09. The lowest BCUT2D eigenvalue weighted by molar-refractivity contribution is -0.0113. The molecule has 0 N–H and O–H groups in total. The molecular weight excluding hydrogens is 169 g/mol. The van der Waals surface area contributed by atoms with Crippen LogP contribution in [-0.2, 0) is 4.74 Å². The van der Waals surface area contributed by atoms with Crippen LogP contribution in [0.2, 0.25) is 0 Å². The van der Waals surface area contributed by atoms with Gasteiger partial charge < -0.3 is 4.74 Å². The van der Waals surface area contributed by atoms with E-state index in [0.29, 0.717) is 12.5 Å². The van der Waals surface area contributed by atoms with E-state index in [4.69, 9.17) is 4.74 Å². The van der Waals surface area contributed by atoms with Crippen LogP contribution in [0.1, 0.15) is 20.3 Å². The average Bonchev–Trinajstić information content (AvgIpc) is 1.78. The number of rotatable bonds is 5. The van der Waals surface area contributed by atoms with Crippen molar-refractivity contribution in [3.63, 3.8) is 0 Å². The van der Waals surface area contributed by atoms with E-state index >= 15 is 0 Å². The van der Waals surface area contributed by atoms with E-state index < -0.39 is 12.3 Å². The normalized spacial score (nSPS) is 12.5. The Kier molecular flexibility index (Phi) is 5.11. The smallest absolute Gasteiger partial charge is 0.281 e. The Bertz CT molecular complexity index is 101. The quantitative estimate of drug-likeness (QED) is 0.471. The largest absolute Gasteiger partial charge is 0.375 e. The molecule has 0 aromatic heterocycles. The number of hydrogen-bond donors (Lipinski definition) is 0. The van der Waals surface area contributed by atoms with Gasteiger partial charge in [-0.25, -0.2) is 0 Å². The Morgan fingerprint density at radius 2 is 2.00 bits per heavy atom. The standard InChI is InChI=1S/C7H15F2OP/c1-6(2)3-4-10-5-7(8,9)11/h6H,3-5,11H2,1-2H3. The van der Waals surface area contributed by atoms with Gasteiger partial charge >= 0.3 is 0 Å². The molecule has 0 radical (unpaired) electrons. The fraction of sp³-hybridized carbons (Fsp3) is 1.00. The van der Waals surface area contributed by atoms with Gasteiger partial charge in [-0.05, 0) is 12.3 Å². The first kappa shape index (κ1) is 11.2. The third-order valence-electron chi connectivity index (χ3n) is 1.13.